The van der Waals surface area contributed by atoms with Gasteiger partial charge in [-0.05, 0) is 42.9 Å². The van der Waals surface area contributed by atoms with Crippen LogP contribution in [0.4, 0.5) is 0 Å². The van der Waals surface area contributed by atoms with Crippen molar-refractivity contribution in [1.29, 1.82) is 0 Å². The fraction of sp³-hybridized carbons (Fsp3) is 0.435. The van der Waals surface area contributed by atoms with E-state index in [0.29, 0.717) is 12.5 Å². The van der Waals surface area contributed by atoms with Crippen molar-refractivity contribution < 1.29 is 14.3 Å². The van der Waals surface area contributed by atoms with Crippen LogP contribution in [0.25, 0.3) is 0 Å². The Morgan fingerprint density at radius 2 is 1.54 bits per heavy atom. The third-order valence-electron chi connectivity index (χ3n) is 4.31. The summed E-state index contributed by atoms with van der Waals surface area (Å²) in [6.07, 6.45) is 0.912. The van der Waals surface area contributed by atoms with E-state index in [1.54, 1.807) is 0 Å². The van der Waals surface area contributed by atoms with E-state index in [0.717, 1.165) is 17.5 Å². The Balaban J connectivity index is 1.77. The van der Waals surface area contributed by atoms with Gasteiger partial charge >= 0.3 is 5.97 Å². The number of benzene rings is 2. The predicted octanol–water partition coefficient (Wildman–Crippen LogP) is 5.14. The number of rotatable bonds is 9. The molecule has 2 aromatic rings. The number of hydrogen-bond acceptors (Lipinski definition) is 3. The summed E-state index contributed by atoms with van der Waals surface area (Å²) in [5.74, 6) is 0.141. The molecule has 0 aromatic heterocycles. The Kier molecular flexibility index (Phi) is 7.86. The summed E-state index contributed by atoms with van der Waals surface area (Å²) in [7, 11) is 0. The smallest absolute Gasteiger partial charge is 0.313 e. The molecule has 0 amide bonds. The van der Waals surface area contributed by atoms with E-state index in [1.807, 2.05) is 56.3 Å². The minimum atomic E-state index is -0.274. The standard InChI is InChI=1S/C23H30O3/c1-17(2)14-20-10-12-22(13-11-20)19(4)23(24)26-15-18(3)25-16-21-8-6-5-7-9-21/h5-13,17-19H,14-16H2,1-4H3/t18?,19-/m0/s1. The molecule has 0 saturated carbocycles. The second-order valence-electron chi connectivity index (χ2n) is 7.30. The molecule has 0 aliphatic heterocycles. The van der Waals surface area contributed by atoms with E-state index >= 15 is 0 Å². The molecule has 2 rings (SSSR count). The van der Waals surface area contributed by atoms with Crippen LogP contribution in [0.5, 0.6) is 0 Å². The molecule has 0 radical (unpaired) electrons. The molecule has 2 aromatic carbocycles. The molecule has 0 N–H and O–H groups in total. The molecule has 0 aliphatic carbocycles. The summed E-state index contributed by atoms with van der Waals surface area (Å²) in [4.78, 5) is 12.3. The Labute approximate surface area is 157 Å². The average Bonchev–Trinajstić information content (AvgIpc) is 2.65. The Bertz CT molecular complexity index is 662. The van der Waals surface area contributed by atoms with Gasteiger partial charge in [-0.25, -0.2) is 0 Å². The first-order chi connectivity index (χ1) is 12.5. The maximum atomic E-state index is 12.3. The molecule has 3 heteroatoms. The fourth-order valence-electron chi connectivity index (χ4n) is 2.74. The summed E-state index contributed by atoms with van der Waals surface area (Å²) in [5, 5.41) is 0. The quantitative estimate of drug-likeness (QED) is 0.585. The van der Waals surface area contributed by atoms with Gasteiger partial charge in [-0.3, -0.25) is 4.79 Å². The first kappa shape index (κ1) is 20.2. The largest absolute Gasteiger partial charge is 0.462 e. The van der Waals surface area contributed by atoms with Crippen molar-refractivity contribution in [2.24, 2.45) is 5.92 Å². The molecular weight excluding hydrogens is 324 g/mol. The Morgan fingerprint density at radius 1 is 0.885 bits per heavy atom. The lowest BCUT2D eigenvalue weighted by Gasteiger charge is -2.16. The lowest BCUT2D eigenvalue weighted by Crippen LogP contribution is -2.21. The molecule has 0 heterocycles. The predicted molar refractivity (Wildman–Crippen MR) is 105 cm³/mol. The molecule has 1 unspecified atom stereocenters. The van der Waals surface area contributed by atoms with Crippen molar-refractivity contribution in [3.05, 3.63) is 71.3 Å². The molecular formula is C23H30O3. The molecule has 0 bridgehead atoms. The van der Waals surface area contributed by atoms with E-state index in [2.05, 4.69) is 26.0 Å². The Hall–Kier alpha value is -2.13. The van der Waals surface area contributed by atoms with Gasteiger partial charge < -0.3 is 9.47 Å². The number of carbonyl (C=O) groups is 1. The second-order valence-corrected chi connectivity index (χ2v) is 7.30. The molecule has 3 nitrogen and oxygen atoms in total. The van der Waals surface area contributed by atoms with Gasteiger partial charge in [-0.15, -0.1) is 0 Å². The minimum absolute atomic E-state index is 0.139. The number of hydrogen-bond donors (Lipinski definition) is 0. The van der Waals surface area contributed by atoms with Crippen LogP contribution < -0.4 is 0 Å². The number of carbonyl (C=O) groups excluding carboxylic acids is 1. The van der Waals surface area contributed by atoms with Crippen molar-refractivity contribution in [2.45, 2.75) is 52.7 Å². The van der Waals surface area contributed by atoms with Gasteiger partial charge in [0.15, 0.2) is 0 Å². The monoisotopic (exact) mass is 354 g/mol. The first-order valence-electron chi connectivity index (χ1n) is 9.36. The van der Waals surface area contributed by atoms with Gasteiger partial charge in [0.25, 0.3) is 0 Å². The fourth-order valence-corrected chi connectivity index (χ4v) is 2.74. The summed E-state index contributed by atoms with van der Waals surface area (Å²) in [6, 6.07) is 18.2. The van der Waals surface area contributed by atoms with Gasteiger partial charge in [0.05, 0.1) is 18.6 Å². The third kappa shape index (κ3) is 6.64. The van der Waals surface area contributed by atoms with Crippen LogP contribution in [-0.4, -0.2) is 18.7 Å². The van der Waals surface area contributed by atoms with Crippen molar-refractivity contribution in [2.75, 3.05) is 6.61 Å². The van der Waals surface area contributed by atoms with Crippen molar-refractivity contribution in [3.8, 4) is 0 Å². The van der Waals surface area contributed by atoms with Crippen LogP contribution in [0, 0.1) is 5.92 Å². The highest BCUT2D eigenvalue weighted by molar-refractivity contribution is 5.77. The van der Waals surface area contributed by atoms with Crippen LogP contribution in [0.3, 0.4) is 0 Å². The second kappa shape index (κ2) is 10.1. The molecule has 0 spiro atoms. The van der Waals surface area contributed by atoms with Gasteiger partial charge in [-0.1, -0.05) is 68.4 Å². The topological polar surface area (TPSA) is 35.5 Å². The summed E-state index contributed by atoms with van der Waals surface area (Å²) in [5.41, 5.74) is 3.40. The van der Waals surface area contributed by atoms with Crippen molar-refractivity contribution in [1.82, 2.24) is 0 Å². The SMILES string of the molecule is CC(C)Cc1ccc([C@H](C)C(=O)OCC(C)OCc2ccccc2)cc1. The van der Waals surface area contributed by atoms with Gasteiger partial charge in [-0.2, -0.15) is 0 Å². The summed E-state index contributed by atoms with van der Waals surface area (Å²) >= 11 is 0. The van der Waals surface area contributed by atoms with Crippen LogP contribution in [-0.2, 0) is 27.3 Å². The molecule has 140 valence electrons. The van der Waals surface area contributed by atoms with Crippen molar-refractivity contribution in [3.63, 3.8) is 0 Å². The van der Waals surface area contributed by atoms with E-state index in [9.17, 15) is 4.79 Å². The van der Waals surface area contributed by atoms with E-state index in [1.165, 1.54) is 5.56 Å². The molecule has 2 atom stereocenters. The lowest BCUT2D eigenvalue weighted by molar-refractivity contribution is -0.149. The van der Waals surface area contributed by atoms with Crippen molar-refractivity contribution >= 4 is 5.97 Å². The maximum absolute atomic E-state index is 12.3. The van der Waals surface area contributed by atoms with Crippen LogP contribution >= 0.6 is 0 Å². The van der Waals surface area contributed by atoms with Gasteiger partial charge in [0, 0.05) is 0 Å². The molecule has 0 fully saturated rings. The number of esters is 1. The summed E-state index contributed by atoms with van der Waals surface area (Å²) < 4.78 is 11.2. The normalized spacial score (nSPS) is 13.4. The van der Waals surface area contributed by atoms with Crippen LogP contribution in [0.15, 0.2) is 54.6 Å². The van der Waals surface area contributed by atoms with Gasteiger partial charge in [0.2, 0.25) is 0 Å². The molecule has 0 aliphatic rings. The minimum Gasteiger partial charge on any atom is -0.462 e. The van der Waals surface area contributed by atoms with Gasteiger partial charge in [0.1, 0.15) is 6.61 Å². The van der Waals surface area contributed by atoms with Crippen LogP contribution in [0.2, 0.25) is 0 Å². The maximum Gasteiger partial charge on any atom is 0.313 e. The zero-order chi connectivity index (χ0) is 18.9. The zero-order valence-electron chi connectivity index (χ0n) is 16.3. The Morgan fingerprint density at radius 3 is 2.15 bits per heavy atom. The van der Waals surface area contributed by atoms with E-state index in [4.69, 9.17) is 9.47 Å². The van der Waals surface area contributed by atoms with Crippen LogP contribution in [0.1, 0.15) is 50.3 Å². The highest BCUT2D eigenvalue weighted by Crippen LogP contribution is 2.19. The lowest BCUT2D eigenvalue weighted by atomic mass is 9.97. The highest BCUT2D eigenvalue weighted by atomic mass is 16.6. The molecule has 26 heavy (non-hydrogen) atoms. The highest BCUT2D eigenvalue weighted by Gasteiger charge is 2.18. The average molecular weight is 354 g/mol. The first-order valence-corrected chi connectivity index (χ1v) is 9.36. The molecule has 0 saturated heterocycles. The van der Waals surface area contributed by atoms with E-state index < -0.39 is 0 Å². The number of ether oxygens (including phenoxy) is 2. The summed E-state index contributed by atoms with van der Waals surface area (Å²) in [6.45, 7) is 8.99. The third-order valence-corrected chi connectivity index (χ3v) is 4.31. The van der Waals surface area contributed by atoms with E-state index in [-0.39, 0.29) is 24.6 Å². The zero-order valence-corrected chi connectivity index (χ0v) is 16.3.